The molecule has 4 rings (SSSR count). The zero-order valence-electron chi connectivity index (χ0n) is 17.1. The van der Waals surface area contributed by atoms with E-state index in [1.165, 1.54) is 22.2 Å². The van der Waals surface area contributed by atoms with Gasteiger partial charge in [-0.2, -0.15) is 0 Å². The van der Waals surface area contributed by atoms with E-state index in [0.717, 1.165) is 47.0 Å². The molecule has 0 spiro atoms. The largest absolute Gasteiger partial charge is 0.493 e. The fourth-order valence-corrected chi connectivity index (χ4v) is 5.12. The Balaban J connectivity index is 1.47. The number of aliphatic hydroxyl groups excluding tert-OH is 1. The quantitative estimate of drug-likeness (QED) is 0.558. The first-order chi connectivity index (χ1) is 14.6. The maximum Gasteiger partial charge on any atom is 0.262 e. The lowest BCUT2D eigenvalue weighted by molar-refractivity contribution is 0.0900. The Morgan fingerprint density at radius 3 is 2.97 bits per heavy atom. The van der Waals surface area contributed by atoms with Gasteiger partial charge in [-0.25, -0.2) is 4.98 Å². The SMILES string of the molecule is C=CCc1ccc(OCC(O)Cn2cnc3sc4c(c3c2=O)CCCC4)c(OC)c1. The second-order valence-corrected chi connectivity index (χ2v) is 8.62. The highest BCUT2D eigenvalue weighted by Crippen LogP contribution is 2.33. The molecule has 1 atom stereocenters. The minimum atomic E-state index is -0.853. The fraction of sp³-hybridized carbons (Fsp3) is 0.391. The second-order valence-electron chi connectivity index (χ2n) is 7.54. The lowest BCUT2D eigenvalue weighted by Crippen LogP contribution is -2.30. The molecule has 0 aliphatic heterocycles. The fourth-order valence-electron chi connectivity index (χ4n) is 3.90. The summed E-state index contributed by atoms with van der Waals surface area (Å²) in [4.78, 5) is 19.6. The Kier molecular flexibility index (Phi) is 6.20. The van der Waals surface area contributed by atoms with Crippen LogP contribution in [0.1, 0.15) is 28.8 Å². The van der Waals surface area contributed by atoms with Gasteiger partial charge in [0.05, 0.1) is 25.4 Å². The van der Waals surface area contributed by atoms with Crippen molar-refractivity contribution in [2.45, 2.75) is 44.8 Å². The number of nitrogens with zero attached hydrogens (tertiary/aromatic N) is 2. The molecule has 1 aliphatic rings. The van der Waals surface area contributed by atoms with E-state index in [0.29, 0.717) is 11.5 Å². The molecule has 6 nitrogen and oxygen atoms in total. The van der Waals surface area contributed by atoms with E-state index >= 15 is 0 Å². The van der Waals surface area contributed by atoms with Crippen molar-refractivity contribution in [3.63, 3.8) is 0 Å². The molecular formula is C23H26N2O4S. The van der Waals surface area contributed by atoms with Crippen molar-refractivity contribution >= 4 is 21.6 Å². The van der Waals surface area contributed by atoms with Gasteiger partial charge in [0.1, 0.15) is 17.5 Å². The third kappa shape index (κ3) is 4.13. The Bertz CT molecular complexity index is 1120. The number of benzene rings is 1. The Hall–Kier alpha value is -2.64. The molecule has 1 aliphatic carbocycles. The van der Waals surface area contributed by atoms with Gasteiger partial charge in [0.25, 0.3) is 5.56 Å². The van der Waals surface area contributed by atoms with E-state index in [9.17, 15) is 9.90 Å². The number of rotatable bonds is 8. The molecule has 7 heteroatoms. The first kappa shape index (κ1) is 20.6. The van der Waals surface area contributed by atoms with Gasteiger partial charge < -0.3 is 14.6 Å². The first-order valence-corrected chi connectivity index (χ1v) is 11.0. The summed E-state index contributed by atoms with van der Waals surface area (Å²) in [5, 5.41) is 11.2. The number of ether oxygens (including phenoxy) is 2. The second kappa shape index (κ2) is 9.02. The summed E-state index contributed by atoms with van der Waals surface area (Å²) in [7, 11) is 1.58. The number of fused-ring (bicyclic) bond motifs is 3. The van der Waals surface area contributed by atoms with Gasteiger partial charge in [0, 0.05) is 4.88 Å². The molecule has 0 saturated carbocycles. The molecule has 158 valence electrons. The topological polar surface area (TPSA) is 73.6 Å². The van der Waals surface area contributed by atoms with Gasteiger partial charge in [-0.1, -0.05) is 12.1 Å². The van der Waals surface area contributed by atoms with Gasteiger partial charge >= 0.3 is 0 Å². The molecule has 1 unspecified atom stereocenters. The van der Waals surface area contributed by atoms with Crippen molar-refractivity contribution in [1.29, 1.82) is 0 Å². The zero-order chi connectivity index (χ0) is 21.1. The zero-order valence-corrected chi connectivity index (χ0v) is 17.9. The summed E-state index contributed by atoms with van der Waals surface area (Å²) in [6, 6.07) is 5.65. The molecule has 1 N–H and O–H groups in total. The lowest BCUT2D eigenvalue weighted by atomic mass is 9.97. The van der Waals surface area contributed by atoms with Crippen LogP contribution in [0.25, 0.3) is 10.2 Å². The van der Waals surface area contributed by atoms with Gasteiger partial charge in [-0.3, -0.25) is 9.36 Å². The number of aryl methyl sites for hydroxylation is 2. The molecule has 30 heavy (non-hydrogen) atoms. The minimum Gasteiger partial charge on any atom is -0.493 e. The highest BCUT2D eigenvalue weighted by atomic mass is 32.1. The van der Waals surface area contributed by atoms with Crippen LogP contribution < -0.4 is 15.0 Å². The predicted octanol–water partition coefficient (Wildman–Crippen LogP) is 3.51. The van der Waals surface area contributed by atoms with Crippen LogP contribution in [0.3, 0.4) is 0 Å². The van der Waals surface area contributed by atoms with Crippen molar-refractivity contribution in [1.82, 2.24) is 9.55 Å². The van der Waals surface area contributed by atoms with Crippen LogP contribution in [0.4, 0.5) is 0 Å². The van der Waals surface area contributed by atoms with E-state index < -0.39 is 6.10 Å². The summed E-state index contributed by atoms with van der Waals surface area (Å²) in [5.41, 5.74) is 2.15. The maximum atomic E-state index is 13.0. The molecular weight excluding hydrogens is 400 g/mol. The first-order valence-electron chi connectivity index (χ1n) is 10.2. The van der Waals surface area contributed by atoms with Crippen LogP contribution >= 0.6 is 11.3 Å². The molecule has 3 aromatic rings. The maximum absolute atomic E-state index is 13.0. The molecule has 2 aromatic heterocycles. The van der Waals surface area contributed by atoms with Gasteiger partial charge in [-0.05, 0) is 55.4 Å². The minimum absolute atomic E-state index is 0.0450. The van der Waals surface area contributed by atoms with Crippen LogP contribution in [-0.2, 0) is 25.8 Å². The Morgan fingerprint density at radius 1 is 1.33 bits per heavy atom. The summed E-state index contributed by atoms with van der Waals surface area (Å²) < 4.78 is 12.6. The number of thiophene rings is 1. The van der Waals surface area contributed by atoms with Crippen molar-refractivity contribution in [3.05, 3.63) is 63.5 Å². The summed E-state index contributed by atoms with van der Waals surface area (Å²) >= 11 is 1.63. The average Bonchev–Trinajstić information content (AvgIpc) is 3.14. The monoisotopic (exact) mass is 426 g/mol. The average molecular weight is 427 g/mol. The van der Waals surface area contributed by atoms with E-state index in [2.05, 4.69) is 11.6 Å². The van der Waals surface area contributed by atoms with E-state index in [1.54, 1.807) is 18.4 Å². The number of hydrogen-bond donors (Lipinski definition) is 1. The molecule has 0 amide bonds. The molecule has 0 fully saturated rings. The van der Waals surface area contributed by atoms with Gasteiger partial charge in [-0.15, -0.1) is 17.9 Å². The number of hydrogen-bond acceptors (Lipinski definition) is 6. The Morgan fingerprint density at radius 2 is 2.17 bits per heavy atom. The number of methoxy groups -OCH3 is 1. The van der Waals surface area contributed by atoms with Crippen LogP contribution in [0.2, 0.25) is 0 Å². The highest BCUT2D eigenvalue weighted by Gasteiger charge is 2.20. The number of aromatic nitrogens is 2. The van der Waals surface area contributed by atoms with Gasteiger partial charge in [0.15, 0.2) is 11.5 Å². The van der Waals surface area contributed by atoms with E-state index in [4.69, 9.17) is 9.47 Å². The van der Waals surface area contributed by atoms with Crippen molar-refractivity contribution in [2.75, 3.05) is 13.7 Å². The van der Waals surface area contributed by atoms with Crippen molar-refractivity contribution < 1.29 is 14.6 Å². The molecule has 0 bridgehead atoms. The third-order valence-corrected chi connectivity index (χ3v) is 6.59. The molecule has 0 radical (unpaired) electrons. The lowest BCUT2D eigenvalue weighted by Gasteiger charge is -2.16. The van der Waals surface area contributed by atoms with Crippen LogP contribution in [0.5, 0.6) is 11.5 Å². The smallest absolute Gasteiger partial charge is 0.262 e. The highest BCUT2D eigenvalue weighted by molar-refractivity contribution is 7.18. The summed E-state index contributed by atoms with van der Waals surface area (Å²) in [5.74, 6) is 1.16. The summed E-state index contributed by atoms with van der Waals surface area (Å²) in [6.45, 7) is 3.92. The number of aliphatic hydroxyl groups is 1. The van der Waals surface area contributed by atoms with E-state index in [1.807, 2.05) is 24.3 Å². The third-order valence-electron chi connectivity index (χ3n) is 5.39. The summed E-state index contributed by atoms with van der Waals surface area (Å²) in [6.07, 6.45) is 7.48. The van der Waals surface area contributed by atoms with Gasteiger partial charge in [0.2, 0.25) is 0 Å². The normalized spacial score (nSPS) is 14.3. The van der Waals surface area contributed by atoms with Crippen molar-refractivity contribution in [3.8, 4) is 11.5 Å². The molecule has 2 heterocycles. The predicted molar refractivity (Wildman–Crippen MR) is 119 cm³/mol. The van der Waals surface area contributed by atoms with Crippen LogP contribution in [-0.4, -0.2) is 34.5 Å². The number of allylic oxidation sites excluding steroid dienone is 1. The van der Waals surface area contributed by atoms with Crippen LogP contribution in [0.15, 0.2) is 42.0 Å². The van der Waals surface area contributed by atoms with Crippen LogP contribution in [0, 0.1) is 0 Å². The molecule has 0 saturated heterocycles. The standard InChI is InChI=1S/C23H26N2O4S/c1-3-6-15-9-10-18(19(11-15)28-2)29-13-16(26)12-25-14-24-22-21(23(25)27)17-7-4-5-8-20(17)30-22/h3,9-11,14,16,26H,1,4-8,12-13H2,2H3. The Labute approximate surface area is 179 Å². The van der Waals surface area contributed by atoms with Crippen molar-refractivity contribution in [2.24, 2.45) is 0 Å². The van der Waals surface area contributed by atoms with E-state index in [-0.39, 0.29) is 18.7 Å². The molecule has 1 aromatic carbocycles.